The molecule has 84 valence electrons. The maximum atomic E-state index is 8.83. The number of aliphatic hydroxyl groups is 1. The Bertz CT molecular complexity index is 307. The smallest absolute Gasteiger partial charge is 0.121 e. The lowest BCUT2D eigenvalue weighted by molar-refractivity contribution is 0.262. The van der Waals surface area contributed by atoms with Crippen molar-refractivity contribution in [1.82, 2.24) is 0 Å². The van der Waals surface area contributed by atoms with Gasteiger partial charge in [0.25, 0.3) is 0 Å². The van der Waals surface area contributed by atoms with Crippen LogP contribution in [0.3, 0.4) is 0 Å². The molecule has 0 saturated carbocycles. The lowest BCUT2D eigenvalue weighted by Gasteiger charge is -2.11. The average Bonchev–Trinajstić information content (AvgIpc) is 2.18. The second-order valence-electron chi connectivity index (χ2n) is 4.13. The highest BCUT2D eigenvalue weighted by Gasteiger charge is 2.05. The second-order valence-corrected chi connectivity index (χ2v) is 4.13. The van der Waals surface area contributed by atoms with Gasteiger partial charge in [-0.15, -0.1) is 0 Å². The Labute approximate surface area is 91.9 Å². The van der Waals surface area contributed by atoms with Gasteiger partial charge in [-0.2, -0.15) is 0 Å². The van der Waals surface area contributed by atoms with E-state index in [1.165, 1.54) is 11.1 Å². The van der Waals surface area contributed by atoms with E-state index in [1.807, 2.05) is 6.07 Å². The van der Waals surface area contributed by atoms with Gasteiger partial charge in [0.15, 0.2) is 0 Å². The highest BCUT2D eigenvalue weighted by atomic mass is 16.5. The number of aliphatic hydroxyl groups excluding tert-OH is 1. The summed E-state index contributed by atoms with van der Waals surface area (Å²) >= 11 is 0. The van der Waals surface area contributed by atoms with Crippen LogP contribution in [0.2, 0.25) is 0 Å². The average molecular weight is 208 g/mol. The van der Waals surface area contributed by atoms with Gasteiger partial charge < -0.3 is 9.84 Å². The Kier molecular flexibility index (Phi) is 4.63. The third-order valence-electron chi connectivity index (χ3n) is 2.67. The van der Waals surface area contributed by atoms with Crippen molar-refractivity contribution in [2.75, 3.05) is 13.7 Å². The Balaban J connectivity index is 2.66. The minimum Gasteiger partial charge on any atom is -0.496 e. The van der Waals surface area contributed by atoms with E-state index in [0.29, 0.717) is 5.92 Å². The van der Waals surface area contributed by atoms with E-state index in [2.05, 4.69) is 26.0 Å². The molecule has 15 heavy (non-hydrogen) atoms. The Morgan fingerprint density at radius 1 is 1.40 bits per heavy atom. The van der Waals surface area contributed by atoms with Gasteiger partial charge in [0.05, 0.1) is 7.11 Å². The zero-order valence-corrected chi connectivity index (χ0v) is 9.79. The monoisotopic (exact) mass is 208 g/mol. The van der Waals surface area contributed by atoms with Crippen molar-refractivity contribution in [3.05, 3.63) is 29.3 Å². The second kappa shape index (κ2) is 5.76. The van der Waals surface area contributed by atoms with Crippen LogP contribution in [0.4, 0.5) is 0 Å². The number of aryl methyl sites for hydroxylation is 1. The van der Waals surface area contributed by atoms with Gasteiger partial charge in [-0.25, -0.2) is 0 Å². The van der Waals surface area contributed by atoms with Gasteiger partial charge in [-0.05, 0) is 42.9 Å². The van der Waals surface area contributed by atoms with Crippen LogP contribution < -0.4 is 4.74 Å². The Hall–Kier alpha value is -1.02. The molecule has 0 amide bonds. The molecule has 1 N–H and O–H groups in total. The van der Waals surface area contributed by atoms with Crippen LogP contribution >= 0.6 is 0 Å². The fourth-order valence-corrected chi connectivity index (χ4v) is 1.79. The first kappa shape index (κ1) is 12.1. The summed E-state index contributed by atoms with van der Waals surface area (Å²) in [6.45, 7) is 4.49. The van der Waals surface area contributed by atoms with E-state index < -0.39 is 0 Å². The zero-order valence-electron chi connectivity index (χ0n) is 9.79. The molecule has 0 radical (unpaired) electrons. The molecule has 1 rings (SSSR count). The number of rotatable bonds is 5. The number of methoxy groups -OCH3 is 1. The molecular formula is C13H20O2. The maximum absolute atomic E-state index is 8.83. The van der Waals surface area contributed by atoms with Crippen LogP contribution in [0.5, 0.6) is 5.75 Å². The summed E-state index contributed by atoms with van der Waals surface area (Å²) in [7, 11) is 1.69. The summed E-state index contributed by atoms with van der Waals surface area (Å²) in [5.74, 6) is 1.47. The quantitative estimate of drug-likeness (QED) is 0.806. The third kappa shape index (κ3) is 3.56. The minimum atomic E-state index is 0.274. The third-order valence-corrected chi connectivity index (χ3v) is 2.67. The van der Waals surface area contributed by atoms with Crippen LogP contribution in [0, 0.1) is 12.8 Å². The number of ether oxygens (including phenoxy) is 1. The molecule has 0 heterocycles. The first-order chi connectivity index (χ1) is 7.17. The van der Waals surface area contributed by atoms with Crippen LogP contribution in [0.1, 0.15) is 24.5 Å². The van der Waals surface area contributed by atoms with E-state index >= 15 is 0 Å². The normalized spacial score (nSPS) is 12.5. The number of hydrogen-bond donors (Lipinski definition) is 1. The van der Waals surface area contributed by atoms with Gasteiger partial charge in [-0.3, -0.25) is 0 Å². The van der Waals surface area contributed by atoms with Crippen molar-refractivity contribution < 1.29 is 9.84 Å². The fourth-order valence-electron chi connectivity index (χ4n) is 1.79. The molecular weight excluding hydrogens is 188 g/mol. The topological polar surface area (TPSA) is 29.5 Å². The van der Waals surface area contributed by atoms with E-state index in [1.54, 1.807) is 7.11 Å². The van der Waals surface area contributed by atoms with Gasteiger partial charge in [0, 0.05) is 6.61 Å². The van der Waals surface area contributed by atoms with Crippen molar-refractivity contribution in [2.24, 2.45) is 5.92 Å². The largest absolute Gasteiger partial charge is 0.496 e. The molecule has 0 aliphatic carbocycles. The first-order valence-electron chi connectivity index (χ1n) is 5.41. The first-order valence-corrected chi connectivity index (χ1v) is 5.41. The molecule has 0 aliphatic rings. The molecule has 0 bridgehead atoms. The highest BCUT2D eigenvalue weighted by Crippen LogP contribution is 2.20. The molecule has 1 aromatic rings. The van der Waals surface area contributed by atoms with Crippen LogP contribution in [-0.2, 0) is 6.42 Å². The highest BCUT2D eigenvalue weighted by molar-refractivity contribution is 5.36. The van der Waals surface area contributed by atoms with Crippen molar-refractivity contribution in [3.8, 4) is 5.75 Å². The number of hydrogen-bond acceptors (Lipinski definition) is 2. The standard InChI is InChI=1S/C13H20O2/c1-10(6-7-14)8-12-4-5-13(15-3)11(2)9-12/h4-5,9-10,14H,6-8H2,1-3H3. The Morgan fingerprint density at radius 2 is 2.13 bits per heavy atom. The molecule has 2 nitrogen and oxygen atoms in total. The molecule has 0 saturated heterocycles. The van der Waals surface area contributed by atoms with E-state index in [4.69, 9.17) is 9.84 Å². The molecule has 0 fully saturated rings. The van der Waals surface area contributed by atoms with Gasteiger partial charge in [0.2, 0.25) is 0 Å². The Morgan fingerprint density at radius 3 is 2.67 bits per heavy atom. The summed E-state index contributed by atoms with van der Waals surface area (Å²) in [6.07, 6.45) is 1.89. The van der Waals surface area contributed by atoms with Crippen molar-refractivity contribution in [2.45, 2.75) is 26.7 Å². The molecule has 0 aromatic heterocycles. The molecule has 1 atom stereocenters. The van der Waals surface area contributed by atoms with Crippen LogP contribution in [0.15, 0.2) is 18.2 Å². The van der Waals surface area contributed by atoms with Gasteiger partial charge >= 0.3 is 0 Å². The zero-order chi connectivity index (χ0) is 11.3. The summed E-state index contributed by atoms with van der Waals surface area (Å²) in [5, 5.41) is 8.83. The maximum Gasteiger partial charge on any atom is 0.121 e. The van der Waals surface area contributed by atoms with Gasteiger partial charge in [-0.1, -0.05) is 19.1 Å². The lowest BCUT2D eigenvalue weighted by atomic mass is 9.97. The minimum absolute atomic E-state index is 0.274. The van der Waals surface area contributed by atoms with Crippen molar-refractivity contribution in [1.29, 1.82) is 0 Å². The SMILES string of the molecule is COc1ccc(CC(C)CCO)cc1C. The van der Waals surface area contributed by atoms with Gasteiger partial charge in [0.1, 0.15) is 5.75 Å². The molecule has 0 spiro atoms. The summed E-state index contributed by atoms with van der Waals surface area (Å²) in [6, 6.07) is 6.27. The van der Waals surface area contributed by atoms with E-state index in [0.717, 1.165) is 18.6 Å². The molecule has 0 aliphatic heterocycles. The summed E-state index contributed by atoms with van der Waals surface area (Å²) in [5.41, 5.74) is 2.49. The van der Waals surface area contributed by atoms with Crippen LogP contribution in [0.25, 0.3) is 0 Å². The fraction of sp³-hybridized carbons (Fsp3) is 0.538. The van der Waals surface area contributed by atoms with E-state index in [9.17, 15) is 0 Å². The van der Waals surface area contributed by atoms with Crippen LogP contribution in [-0.4, -0.2) is 18.8 Å². The predicted octanol–water partition coefficient (Wildman–Crippen LogP) is 2.56. The lowest BCUT2D eigenvalue weighted by Crippen LogP contribution is -2.02. The van der Waals surface area contributed by atoms with Crippen molar-refractivity contribution in [3.63, 3.8) is 0 Å². The molecule has 1 aromatic carbocycles. The number of benzene rings is 1. The van der Waals surface area contributed by atoms with E-state index in [-0.39, 0.29) is 6.61 Å². The molecule has 2 heteroatoms. The molecule has 1 unspecified atom stereocenters. The summed E-state index contributed by atoms with van der Waals surface area (Å²) in [4.78, 5) is 0. The van der Waals surface area contributed by atoms with Crippen molar-refractivity contribution >= 4 is 0 Å². The predicted molar refractivity (Wildman–Crippen MR) is 62.3 cm³/mol. The summed E-state index contributed by atoms with van der Waals surface area (Å²) < 4.78 is 5.21.